The van der Waals surface area contributed by atoms with Gasteiger partial charge in [0.15, 0.2) is 0 Å². The van der Waals surface area contributed by atoms with Gasteiger partial charge in [-0.2, -0.15) is 5.10 Å². The van der Waals surface area contributed by atoms with Gasteiger partial charge in [0.25, 0.3) is 0 Å². The van der Waals surface area contributed by atoms with Crippen molar-refractivity contribution in [3.8, 4) is 5.69 Å². The van der Waals surface area contributed by atoms with Crippen molar-refractivity contribution in [2.75, 3.05) is 11.5 Å². The molecule has 1 saturated heterocycles. The molecule has 0 radical (unpaired) electrons. The molecule has 1 aliphatic heterocycles. The number of aromatic nitrogens is 2. The zero-order chi connectivity index (χ0) is 13.2. The van der Waals surface area contributed by atoms with Gasteiger partial charge in [0, 0.05) is 11.2 Å². The van der Waals surface area contributed by atoms with Gasteiger partial charge in [-0.15, -0.1) is 23.5 Å². The summed E-state index contributed by atoms with van der Waals surface area (Å²) < 4.78 is 2.44. The zero-order valence-corrected chi connectivity index (χ0v) is 13.1. The van der Waals surface area contributed by atoms with Crippen LogP contribution in [0.25, 0.3) is 5.69 Å². The van der Waals surface area contributed by atoms with Gasteiger partial charge in [-0.05, 0) is 54.7 Å². The molecule has 100 valence electrons. The van der Waals surface area contributed by atoms with Crippen LogP contribution in [-0.2, 0) is 0 Å². The summed E-state index contributed by atoms with van der Waals surface area (Å²) in [6, 6.07) is 7.80. The summed E-state index contributed by atoms with van der Waals surface area (Å²) in [5.74, 6) is 2.48. The first-order valence-electron chi connectivity index (χ1n) is 6.29. The monoisotopic (exact) mass is 310 g/mol. The highest BCUT2D eigenvalue weighted by Crippen LogP contribution is 2.44. The lowest BCUT2D eigenvalue weighted by atomic mass is 10.3. The van der Waals surface area contributed by atoms with Crippen molar-refractivity contribution in [3.05, 3.63) is 46.7 Å². The Bertz CT molecular complexity index is 559. The number of hydrogen-bond donors (Lipinski definition) is 0. The van der Waals surface area contributed by atoms with Crippen LogP contribution in [0.2, 0.25) is 5.02 Å². The van der Waals surface area contributed by atoms with Crippen LogP contribution in [0.1, 0.15) is 22.3 Å². The first kappa shape index (κ1) is 13.4. The van der Waals surface area contributed by atoms with E-state index in [0.717, 1.165) is 10.7 Å². The first-order valence-corrected chi connectivity index (χ1v) is 8.77. The highest BCUT2D eigenvalue weighted by atomic mass is 35.5. The molecule has 2 heterocycles. The van der Waals surface area contributed by atoms with Crippen LogP contribution in [-0.4, -0.2) is 21.3 Å². The summed E-state index contributed by atoms with van der Waals surface area (Å²) in [6.45, 7) is 2.14. The van der Waals surface area contributed by atoms with Gasteiger partial charge in [0.1, 0.15) is 0 Å². The zero-order valence-electron chi connectivity index (χ0n) is 10.7. The van der Waals surface area contributed by atoms with E-state index in [1.807, 2.05) is 52.5 Å². The minimum absolute atomic E-state index is 0.488. The molecule has 0 atom stereocenters. The summed E-state index contributed by atoms with van der Waals surface area (Å²) in [4.78, 5) is 0. The Morgan fingerprint density at radius 2 is 1.89 bits per heavy atom. The summed E-state index contributed by atoms with van der Waals surface area (Å²) in [7, 11) is 0. The number of benzene rings is 1. The highest BCUT2D eigenvalue weighted by Gasteiger charge is 2.21. The van der Waals surface area contributed by atoms with Crippen LogP contribution in [0, 0.1) is 6.92 Å². The van der Waals surface area contributed by atoms with Crippen molar-refractivity contribution in [2.45, 2.75) is 17.9 Å². The van der Waals surface area contributed by atoms with Crippen LogP contribution in [0.15, 0.2) is 30.5 Å². The molecule has 19 heavy (non-hydrogen) atoms. The van der Waals surface area contributed by atoms with E-state index < -0.39 is 0 Å². The fraction of sp³-hybridized carbons (Fsp3) is 0.357. The summed E-state index contributed by atoms with van der Waals surface area (Å²) in [6.07, 6.45) is 3.41. The molecule has 1 fully saturated rings. The van der Waals surface area contributed by atoms with E-state index in [1.165, 1.54) is 29.2 Å². The Morgan fingerprint density at radius 1 is 1.21 bits per heavy atom. The average Bonchev–Trinajstić information content (AvgIpc) is 2.83. The largest absolute Gasteiger partial charge is 0.240 e. The third kappa shape index (κ3) is 2.96. The Labute approximate surface area is 126 Å². The number of halogens is 1. The SMILES string of the molecule is Cc1cn(-c2ccc(Cl)cc2)nc1C1SCCCS1. The number of aryl methyl sites for hydroxylation is 1. The molecule has 0 unspecified atom stereocenters. The molecular formula is C14H15ClN2S2. The maximum absolute atomic E-state index is 5.92. The predicted molar refractivity (Wildman–Crippen MR) is 85.6 cm³/mol. The molecule has 0 N–H and O–H groups in total. The van der Waals surface area contributed by atoms with E-state index in [4.69, 9.17) is 16.7 Å². The van der Waals surface area contributed by atoms with Gasteiger partial charge < -0.3 is 0 Å². The third-order valence-corrected chi connectivity index (χ3v) is 6.25. The summed E-state index contributed by atoms with van der Waals surface area (Å²) in [5, 5.41) is 5.52. The van der Waals surface area contributed by atoms with Crippen LogP contribution in [0.5, 0.6) is 0 Å². The van der Waals surface area contributed by atoms with Gasteiger partial charge in [-0.25, -0.2) is 4.68 Å². The van der Waals surface area contributed by atoms with E-state index in [9.17, 15) is 0 Å². The molecule has 3 rings (SSSR count). The van der Waals surface area contributed by atoms with Gasteiger partial charge in [0.2, 0.25) is 0 Å². The second-order valence-corrected chi connectivity index (χ2v) is 7.71. The lowest BCUT2D eigenvalue weighted by Gasteiger charge is -2.19. The van der Waals surface area contributed by atoms with E-state index in [0.29, 0.717) is 4.58 Å². The van der Waals surface area contributed by atoms with Crippen molar-refractivity contribution < 1.29 is 0 Å². The van der Waals surface area contributed by atoms with Crippen LogP contribution in [0.4, 0.5) is 0 Å². The third-order valence-electron chi connectivity index (χ3n) is 3.08. The van der Waals surface area contributed by atoms with E-state index >= 15 is 0 Å². The van der Waals surface area contributed by atoms with Crippen molar-refractivity contribution in [1.82, 2.24) is 9.78 Å². The van der Waals surface area contributed by atoms with Gasteiger partial charge in [-0.3, -0.25) is 0 Å². The van der Waals surface area contributed by atoms with Crippen molar-refractivity contribution >= 4 is 35.1 Å². The topological polar surface area (TPSA) is 17.8 Å². The molecular weight excluding hydrogens is 296 g/mol. The lowest BCUT2D eigenvalue weighted by Crippen LogP contribution is -2.03. The fourth-order valence-electron chi connectivity index (χ4n) is 2.08. The molecule has 0 saturated carbocycles. The number of nitrogens with zero attached hydrogens (tertiary/aromatic N) is 2. The smallest absolute Gasteiger partial charge is 0.0943 e. The molecule has 0 aliphatic carbocycles. The summed E-state index contributed by atoms with van der Waals surface area (Å²) in [5.41, 5.74) is 3.54. The van der Waals surface area contributed by atoms with Crippen LogP contribution >= 0.6 is 35.1 Å². The molecule has 5 heteroatoms. The number of thioether (sulfide) groups is 2. The Kier molecular flexibility index (Phi) is 4.10. The average molecular weight is 311 g/mol. The molecule has 0 amide bonds. The second-order valence-electron chi connectivity index (χ2n) is 4.55. The van der Waals surface area contributed by atoms with Crippen molar-refractivity contribution in [2.24, 2.45) is 0 Å². The minimum atomic E-state index is 0.488. The van der Waals surface area contributed by atoms with Crippen LogP contribution < -0.4 is 0 Å². The molecule has 1 aromatic carbocycles. The van der Waals surface area contributed by atoms with E-state index in [2.05, 4.69) is 13.1 Å². The van der Waals surface area contributed by atoms with E-state index in [1.54, 1.807) is 0 Å². The Morgan fingerprint density at radius 3 is 2.58 bits per heavy atom. The van der Waals surface area contributed by atoms with Gasteiger partial charge >= 0.3 is 0 Å². The second kappa shape index (κ2) is 5.81. The summed E-state index contributed by atoms with van der Waals surface area (Å²) >= 11 is 9.94. The molecule has 2 aromatic rings. The first-order chi connectivity index (χ1) is 9.24. The Balaban J connectivity index is 1.90. The normalized spacial score (nSPS) is 16.7. The maximum Gasteiger partial charge on any atom is 0.0943 e. The quantitative estimate of drug-likeness (QED) is 0.800. The molecule has 2 nitrogen and oxygen atoms in total. The minimum Gasteiger partial charge on any atom is -0.240 e. The fourth-order valence-corrected chi connectivity index (χ4v) is 5.18. The molecule has 0 bridgehead atoms. The molecule has 1 aliphatic rings. The molecule has 1 aromatic heterocycles. The predicted octanol–water partition coefficient (Wildman–Crippen LogP) is 4.70. The standard InChI is InChI=1S/C14H15ClN2S2/c1-10-9-17(12-5-3-11(15)4-6-12)16-13(10)14-18-7-2-8-19-14/h3-6,9,14H,2,7-8H2,1H3. The van der Waals surface area contributed by atoms with Gasteiger partial charge in [-0.1, -0.05) is 11.6 Å². The van der Waals surface area contributed by atoms with E-state index in [-0.39, 0.29) is 0 Å². The van der Waals surface area contributed by atoms with Gasteiger partial charge in [0.05, 0.1) is 16.0 Å². The lowest BCUT2D eigenvalue weighted by molar-refractivity contribution is 0.856. The van der Waals surface area contributed by atoms with Crippen LogP contribution in [0.3, 0.4) is 0 Å². The highest BCUT2D eigenvalue weighted by molar-refractivity contribution is 8.16. The van der Waals surface area contributed by atoms with Crippen molar-refractivity contribution in [1.29, 1.82) is 0 Å². The number of rotatable bonds is 2. The number of hydrogen-bond acceptors (Lipinski definition) is 3. The molecule has 0 spiro atoms. The Hall–Kier alpha value is -0.580. The maximum atomic E-state index is 5.92. The van der Waals surface area contributed by atoms with Crippen molar-refractivity contribution in [3.63, 3.8) is 0 Å².